The van der Waals surface area contributed by atoms with Crippen LogP contribution in [-0.2, 0) is 9.84 Å². The highest BCUT2D eigenvalue weighted by molar-refractivity contribution is 7.91. The smallest absolute Gasteiger partial charge is 0.210 e. The third kappa shape index (κ3) is 3.17. The molecule has 0 saturated heterocycles. The average molecular weight is 372 g/mol. The van der Waals surface area contributed by atoms with Crippen LogP contribution in [0.25, 0.3) is 10.9 Å². The van der Waals surface area contributed by atoms with E-state index in [1.165, 1.54) is 18.3 Å². The Labute approximate surface area is 153 Å². The zero-order valence-corrected chi connectivity index (χ0v) is 15.8. The first-order valence-electron chi connectivity index (χ1n) is 8.53. The van der Waals surface area contributed by atoms with Crippen LogP contribution in [0.1, 0.15) is 19.4 Å². The van der Waals surface area contributed by atoms with Gasteiger partial charge in [0.1, 0.15) is 10.7 Å². The highest BCUT2D eigenvalue weighted by Gasteiger charge is 2.26. The minimum atomic E-state index is -3.78. The van der Waals surface area contributed by atoms with Crippen molar-refractivity contribution in [1.82, 2.24) is 4.98 Å². The average Bonchev–Trinajstić information content (AvgIpc) is 2.63. The number of sulfone groups is 1. The molecule has 0 spiro atoms. The molecule has 0 radical (unpaired) electrons. The molecule has 4 nitrogen and oxygen atoms in total. The van der Waals surface area contributed by atoms with Crippen molar-refractivity contribution >= 4 is 26.4 Å². The number of nitrogens with zero attached hydrogens (tertiary/aromatic N) is 2. The number of hydrogen-bond donors (Lipinski definition) is 0. The molecule has 0 aliphatic rings. The van der Waals surface area contributed by atoms with Crippen molar-refractivity contribution < 1.29 is 12.8 Å². The molecule has 0 aliphatic carbocycles. The van der Waals surface area contributed by atoms with Crippen LogP contribution in [0, 0.1) is 12.7 Å². The molecule has 0 fully saturated rings. The van der Waals surface area contributed by atoms with Crippen LogP contribution in [-0.4, -0.2) is 26.5 Å². The minimum Gasteiger partial charge on any atom is -0.370 e. The van der Waals surface area contributed by atoms with E-state index in [0.29, 0.717) is 29.7 Å². The number of hydrogen-bond acceptors (Lipinski definition) is 4. The van der Waals surface area contributed by atoms with E-state index >= 15 is 0 Å². The summed E-state index contributed by atoms with van der Waals surface area (Å²) in [6.45, 7) is 6.98. The predicted molar refractivity (Wildman–Crippen MR) is 102 cm³/mol. The number of fused-ring (bicyclic) bond motifs is 1. The fraction of sp³-hybridized carbons (Fsp3) is 0.250. The maximum absolute atomic E-state index is 13.9. The van der Waals surface area contributed by atoms with Crippen molar-refractivity contribution in [3.05, 3.63) is 60.0 Å². The van der Waals surface area contributed by atoms with E-state index in [9.17, 15) is 12.8 Å². The molecule has 1 aromatic heterocycles. The lowest BCUT2D eigenvalue weighted by atomic mass is 10.1. The molecule has 136 valence electrons. The van der Waals surface area contributed by atoms with Gasteiger partial charge in [0.2, 0.25) is 9.84 Å². The summed E-state index contributed by atoms with van der Waals surface area (Å²) in [7, 11) is -3.78. The van der Waals surface area contributed by atoms with Crippen molar-refractivity contribution in [3.63, 3.8) is 0 Å². The molecule has 0 amide bonds. The van der Waals surface area contributed by atoms with E-state index in [4.69, 9.17) is 0 Å². The summed E-state index contributed by atoms with van der Waals surface area (Å²) in [6.07, 6.45) is 1.38. The largest absolute Gasteiger partial charge is 0.370 e. The van der Waals surface area contributed by atoms with Gasteiger partial charge in [-0.05, 0) is 51.1 Å². The first kappa shape index (κ1) is 18.3. The number of pyridine rings is 1. The van der Waals surface area contributed by atoms with Gasteiger partial charge in [-0.15, -0.1) is 0 Å². The molecule has 2 aromatic carbocycles. The van der Waals surface area contributed by atoms with Crippen molar-refractivity contribution in [1.29, 1.82) is 0 Å². The van der Waals surface area contributed by atoms with Gasteiger partial charge in [0, 0.05) is 24.7 Å². The molecule has 3 aromatic rings. The molecule has 26 heavy (non-hydrogen) atoms. The van der Waals surface area contributed by atoms with Gasteiger partial charge in [0.25, 0.3) is 0 Å². The van der Waals surface area contributed by atoms with Crippen LogP contribution < -0.4 is 4.90 Å². The Balaban J connectivity index is 2.34. The molecular weight excluding hydrogens is 351 g/mol. The fourth-order valence-corrected chi connectivity index (χ4v) is 4.47. The molecule has 0 unspecified atom stereocenters. The first-order valence-corrected chi connectivity index (χ1v) is 10.0. The second-order valence-corrected chi connectivity index (χ2v) is 8.04. The zero-order valence-electron chi connectivity index (χ0n) is 15.0. The lowest BCUT2D eigenvalue weighted by molar-refractivity contribution is 0.595. The predicted octanol–water partition coefficient (Wildman–Crippen LogP) is 4.36. The summed E-state index contributed by atoms with van der Waals surface area (Å²) in [5, 5.41) is 0.502. The number of aryl methyl sites for hydroxylation is 1. The summed E-state index contributed by atoms with van der Waals surface area (Å²) >= 11 is 0. The molecule has 0 bridgehead atoms. The Morgan fingerprint density at radius 2 is 1.69 bits per heavy atom. The number of aromatic nitrogens is 1. The molecule has 0 aliphatic heterocycles. The maximum Gasteiger partial charge on any atom is 0.210 e. The summed E-state index contributed by atoms with van der Waals surface area (Å²) in [5.74, 6) is -0.419. The van der Waals surface area contributed by atoms with Crippen LogP contribution in [0.15, 0.2) is 58.5 Å². The van der Waals surface area contributed by atoms with Gasteiger partial charge >= 0.3 is 0 Å². The van der Waals surface area contributed by atoms with E-state index in [1.807, 2.05) is 25.7 Å². The van der Waals surface area contributed by atoms with Crippen molar-refractivity contribution in [3.8, 4) is 0 Å². The number of anilines is 1. The third-order valence-electron chi connectivity index (χ3n) is 4.47. The maximum atomic E-state index is 13.9. The van der Waals surface area contributed by atoms with E-state index in [1.54, 1.807) is 30.3 Å². The van der Waals surface area contributed by atoms with Crippen LogP contribution in [0.4, 0.5) is 10.1 Å². The highest BCUT2D eigenvalue weighted by Crippen LogP contribution is 2.36. The minimum absolute atomic E-state index is 0.100. The molecule has 0 atom stereocenters. The van der Waals surface area contributed by atoms with Crippen LogP contribution in [0.3, 0.4) is 0 Å². The van der Waals surface area contributed by atoms with Crippen LogP contribution in [0.5, 0.6) is 0 Å². The summed E-state index contributed by atoms with van der Waals surface area (Å²) in [6, 6.07) is 11.0. The molecule has 1 heterocycles. The Hall–Kier alpha value is -2.47. The van der Waals surface area contributed by atoms with Gasteiger partial charge in [0.15, 0.2) is 0 Å². The number of halogens is 1. The summed E-state index contributed by atoms with van der Waals surface area (Å²) in [4.78, 5) is 6.49. The Bertz CT molecular complexity index is 1040. The normalized spacial score (nSPS) is 11.7. The lowest BCUT2D eigenvalue weighted by Gasteiger charge is -2.25. The Kier molecular flexibility index (Phi) is 4.96. The second kappa shape index (κ2) is 7.03. The fourth-order valence-electron chi connectivity index (χ4n) is 3.04. The SMILES string of the molecule is CCN(CC)c1c(S(=O)(=O)c2ccc(C)cc2)cnc2ccc(F)cc12. The van der Waals surface area contributed by atoms with Gasteiger partial charge in [-0.25, -0.2) is 12.8 Å². The monoisotopic (exact) mass is 372 g/mol. The number of benzene rings is 2. The lowest BCUT2D eigenvalue weighted by Crippen LogP contribution is -2.24. The van der Waals surface area contributed by atoms with E-state index in [2.05, 4.69) is 4.98 Å². The Morgan fingerprint density at radius 3 is 2.31 bits per heavy atom. The second-order valence-electron chi connectivity index (χ2n) is 6.12. The quantitative estimate of drug-likeness (QED) is 0.668. The molecule has 6 heteroatoms. The van der Waals surface area contributed by atoms with Crippen molar-refractivity contribution in [2.45, 2.75) is 30.6 Å². The van der Waals surface area contributed by atoms with Gasteiger partial charge < -0.3 is 4.90 Å². The topological polar surface area (TPSA) is 50.3 Å². The Morgan fingerprint density at radius 1 is 1.04 bits per heavy atom. The zero-order chi connectivity index (χ0) is 18.9. The van der Waals surface area contributed by atoms with Gasteiger partial charge in [0.05, 0.1) is 16.1 Å². The molecular formula is C20H21FN2O2S. The van der Waals surface area contributed by atoms with Gasteiger partial charge in [-0.1, -0.05) is 17.7 Å². The van der Waals surface area contributed by atoms with Crippen LogP contribution >= 0.6 is 0 Å². The molecule has 0 saturated carbocycles. The molecule has 3 rings (SSSR count). The third-order valence-corrected chi connectivity index (χ3v) is 6.24. The highest BCUT2D eigenvalue weighted by atomic mass is 32.2. The van der Waals surface area contributed by atoms with Crippen molar-refractivity contribution in [2.75, 3.05) is 18.0 Å². The summed E-state index contributed by atoms with van der Waals surface area (Å²) < 4.78 is 40.4. The van der Waals surface area contributed by atoms with E-state index < -0.39 is 15.7 Å². The first-order chi connectivity index (χ1) is 12.4. The van der Waals surface area contributed by atoms with Crippen LogP contribution in [0.2, 0.25) is 0 Å². The van der Waals surface area contributed by atoms with Gasteiger partial charge in [-0.2, -0.15) is 0 Å². The summed E-state index contributed by atoms with van der Waals surface area (Å²) in [5.41, 5.74) is 2.04. The van der Waals surface area contributed by atoms with E-state index in [-0.39, 0.29) is 9.79 Å². The van der Waals surface area contributed by atoms with E-state index in [0.717, 1.165) is 5.56 Å². The molecule has 0 N–H and O–H groups in total. The standard InChI is InChI=1S/C20H21FN2O2S/c1-4-23(5-2)20-17-12-15(21)8-11-18(17)22-13-19(20)26(24,25)16-9-6-14(3)7-10-16/h6-13H,4-5H2,1-3H3. The van der Waals surface area contributed by atoms with Gasteiger partial charge in [-0.3, -0.25) is 4.98 Å². The van der Waals surface area contributed by atoms with Crippen molar-refractivity contribution in [2.24, 2.45) is 0 Å². The number of rotatable bonds is 5.